The number of carbonyl (C=O) groups excluding carboxylic acids is 1. The van der Waals surface area contributed by atoms with Crippen molar-refractivity contribution in [2.24, 2.45) is 5.73 Å². The quantitative estimate of drug-likeness (QED) is 0.797. The van der Waals surface area contributed by atoms with Crippen molar-refractivity contribution in [2.75, 3.05) is 6.61 Å². The van der Waals surface area contributed by atoms with Gasteiger partial charge in [0.1, 0.15) is 18.5 Å². The fraction of sp³-hybridized carbons (Fsp3) is 0.231. The number of nitrogens with one attached hydrogen (secondary N) is 1. The van der Waals surface area contributed by atoms with Crippen LogP contribution in [-0.2, 0) is 11.2 Å². The molecule has 1 unspecified atom stereocenters. The monoisotopic (exact) mass is 260 g/mol. The van der Waals surface area contributed by atoms with Crippen LogP contribution >= 0.6 is 0 Å². The summed E-state index contributed by atoms with van der Waals surface area (Å²) in [5, 5.41) is 0.884. The lowest BCUT2D eigenvalue weighted by Crippen LogP contribution is -2.33. The van der Waals surface area contributed by atoms with Crippen molar-refractivity contribution in [2.45, 2.75) is 12.5 Å². The van der Waals surface area contributed by atoms with E-state index in [1.54, 1.807) is 18.2 Å². The second-order valence-corrected chi connectivity index (χ2v) is 4.40. The molecule has 0 saturated carbocycles. The van der Waals surface area contributed by atoms with Crippen LogP contribution in [0.15, 0.2) is 29.1 Å². The minimum Gasteiger partial charge on any atom is -0.489 e. The highest BCUT2D eigenvalue weighted by Gasteiger charge is 2.24. The molecule has 1 aliphatic rings. The molecule has 2 aromatic rings. The number of rotatable bonds is 1. The molecule has 2 heterocycles. The van der Waals surface area contributed by atoms with Crippen molar-refractivity contribution < 1.29 is 14.3 Å². The number of hydrogen-bond donors (Lipinski definition) is 2. The normalized spacial score (nSPS) is 17.6. The first-order valence-corrected chi connectivity index (χ1v) is 5.87. The molecule has 3 rings (SSSR count). The predicted octanol–water partition coefficient (Wildman–Crippen LogP) is 0.927. The fourth-order valence-electron chi connectivity index (χ4n) is 2.33. The lowest BCUT2D eigenvalue weighted by Gasteiger charge is -2.25. The topological polar surface area (TPSA) is 94.4 Å². The van der Waals surface area contributed by atoms with Gasteiger partial charge in [-0.25, -0.2) is 4.79 Å². The summed E-state index contributed by atoms with van der Waals surface area (Å²) in [5.41, 5.74) is 6.49. The Hall–Kier alpha value is -2.50. The van der Waals surface area contributed by atoms with Gasteiger partial charge in [0.15, 0.2) is 0 Å². The molecule has 6 heteroatoms. The van der Waals surface area contributed by atoms with Crippen molar-refractivity contribution in [3.05, 3.63) is 40.2 Å². The number of aromatic amines is 1. The number of benzene rings is 1. The second kappa shape index (κ2) is 4.31. The maximum absolute atomic E-state index is 11.3. The first kappa shape index (κ1) is 11.6. The molecule has 0 aliphatic carbocycles. The van der Waals surface area contributed by atoms with Gasteiger partial charge in [0.25, 0.3) is 0 Å². The summed E-state index contributed by atoms with van der Waals surface area (Å²) in [5.74, 6) is 0.740. The molecule has 6 nitrogen and oxygen atoms in total. The lowest BCUT2D eigenvalue weighted by atomic mass is 9.99. The van der Waals surface area contributed by atoms with Gasteiger partial charge in [-0.3, -0.25) is 4.79 Å². The SMILES string of the molecule is NC(=O)OC1COc2ccc3[nH]c(=O)ccc3c2C1. The number of fused-ring (bicyclic) bond motifs is 3. The van der Waals surface area contributed by atoms with Crippen LogP contribution in [0.1, 0.15) is 5.56 Å². The minimum atomic E-state index is -0.814. The van der Waals surface area contributed by atoms with E-state index in [1.165, 1.54) is 6.07 Å². The molecule has 0 spiro atoms. The Morgan fingerprint density at radius 3 is 3.00 bits per heavy atom. The van der Waals surface area contributed by atoms with Crippen LogP contribution in [0.25, 0.3) is 10.9 Å². The van der Waals surface area contributed by atoms with Gasteiger partial charge >= 0.3 is 6.09 Å². The van der Waals surface area contributed by atoms with Gasteiger partial charge in [0.2, 0.25) is 5.56 Å². The van der Waals surface area contributed by atoms with Gasteiger partial charge in [0, 0.05) is 29.0 Å². The molecule has 98 valence electrons. The highest BCUT2D eigenvalue weighted by molar-refractivity contribution is 5.84. The van der Waals surface area contributed by atoms with E-state index in [-0.39, 0.29) is 12.2 Å². The fourth-order valence-corrected chi connectivity index (χ4v) is 2.33. The number of primary amides is 1. The van der Waals surface area contributed by atoms with Crippen LogP contribution in [0.5, 0.6) is 5.75 Å². The van der Waals surface area contributed by atoms with Crippen molar-refractivity contribution in [1.29, 1.82) is 0 Å². The van der Waals surface area contributed by atoms with E-state index in [1.807, 2.05) is 0 Å². The van der Waals surface area contributed by atoms with Gasteiger partial charge in [-0.05, 0) is 18.2 Å². The summed E-state index contributed by atoms with van der Waals surface area (Å²) in [6, 6.07) is 6.79. The van der Waals surface area contributed by atoms with E-state index in [9.17, 15) is 9.59 Å². The smallest absolute Gasteiger partial charge is 0.404 e. The number of hydrogen-bond acceptors (Lipinski definition) is 4. The average molecular weight is 260 g/mol. The van der Waals surface area contributed by atoms with E-state index < -0.39 is 12.2 Å². The van der Waals surface area contributed by atoms with Gasteiger partial charge in [-0.1, -0.05) is 0 Å². The van der Waals surface area contributed by atoms with Crippen molar-refractivity contribution in [3.8, 4) is 5.75 Å². The number of pyridine rings is 1. The number of ether oxygens (including phenoxy) is 2. The first-order chi connectivity index (χ1) is 9.13. The van der Waals surface area contributed by atoms with Crippen LogP contribution in [0.3, 0.4) is 0 Å². The molecular formula is C13H12N2O4. The van der Waals surface area contributed by atoms with Crippen molar-refractivity contribution in [3.63, 3.8) is 0 Å². The zero-order chi connectivity index (χ0) is 13.4. The Bertz CT molecular complexity index is 707. The highest BCUT2D eigenvalue weighted by Crippen LogP contribution is 2.31. The number of H-pyrrole nitrogens is 1. The van der Waals surface area contributed by atoms with E-state index in [4.69, 9.17) is 15.2 Å². The van der Waals surface area contributed by atoms with Crippen LogP contribution < -0.4 is 16.0 Å². The Labute approximate surface area is 108 Å². The standard InChI is InChI=1S/C13H12N2O4/c14-13(17)19-7-5-9-8-1-4-12(16)15-10(8)2-3-11(9)18-6-7/h1-4,7H,5-6H2,(H2,14,17)(H,15,16). The van der Waals surface area contributed by atoms with Crippen molar-refractivity contribution >= 4 is 17.0 Å². The number of aromatic nitrogens is 1. The summed E-state index contributed by atoms with van der Waals surface area (Å²) >= 11 is 0. The van der Waals surface area contributed by atoms with E-state index in [2.05, 4.69) is 4.98 Å². The van der Waals surface area contributed by atoms with Gasteiger partial charge in [-0.2, -0.15) is 0 Å². The summed E-state index contributed by atoms with van der Waals surface area (Å²) in [7, 11) is 0. The van der Waals surface area contributed by atoms with Gasteiger partial charge in [0.05, 0.1) is 0 Å². The van der Waals surface area contributed by atoms with Gasteiger partial charge < -0.3 is 20.2 Å². The summed E-state index contributed by atoms with van der Waals surface area (Å²) < 4.78 is 10.5. The lowest BCUT2D eigenvalue weighted by molar-refractivity contribution is 0.0621. The van der Waals surface area contributed by atoms with E-state index in [0.717, 1.165) is 22.2 Å². The Morgan fingerprint density at radius 1 is 1.37 bits per heavy atom. The molecule has 1 aliphatic heterocycles. The molecule has 19 heavy (non-hydrogen) atoms. The molecule has 1 amide bonds. The van der Waals surface area contributed by atoms with Gasteiger partial charge in [-0.15, -0.1) is 0 Å². The molecule has 0 fully saturated rings. The third-order valence-corrected chi connectivity index (χ3v) is 3.11. The van der Waals surface area contributed by atoms with Crippen LogP contribution in [0.4, 0.5) is 4.79 Å². The largest absolute Gasteiger partial charge is 0.489 e. The Kier molecular flexibility index (Phi) is 2.63. The Balaban J connectivity index is 2.06. The van der Waals surface area contributed by atoms with Crippen LogP contribution in [-0.4, -0.2) is 23.8 Å². The van der Waals surface area contributed by atoms with Crippen molar-refractivity contribution in [1.82, 2.24) is 4.98 Å². The molecule has 0 bridgehead atoms. The maximum atomic E-state index is 11.3. The van der Waals surface area contributed by atoms with Crippen LogP contribution in [0, 0.1) is 0 Å². The molecule has 0 radical (unpaired) electrons. The number of amides is 1. The zero-order valence-corrected chi connectivity index (χ0v) is 10.0. The van der Waals surface area contributed by atoms with Crippen LogP contribution in [0.2, 0.25) is 0 Å². The molecule has 1 aromatic heterocycles. The molecule has 1 atom stereocenters. The zero-order valence-electron chi connectivity index (χ0n) is 10.0. The van der Waals surface area contributed by atoms with E-state index >= 15 is 0 Å². The Morgan fingerprint density at radius 2 is 2.21 bits per heavy atom. The predicted molar refractivity (Wildman–Crippen MR) is 68.2 cm³/mol. The number of nitrogens with two attached hydrogens (primary N) is 1. The summed E-state index contributed by atoms with van der Waals surface area (Å²) in [6.45, 7) is 0.283. The molecular weight excluding hydrogens is 248 g/mol. The third-order valence-electron chi connectivity index (χ3n) is 3.11. The molecule has 0 saturated heterocycles. The summed E-state index contributed by atoms with van der Waals surface area (Å²) in [6.07, 6.45) is -0.699. The number of carbonyl (C=O) groups is 1. The maximum Gasteiger partial charge on any atom is 0.404 e. The average Bonchev–Trinajstić information content (AvgIpc) is 2.37. The first-order valence-electron chi connectivity index (χ1n) is 5.87. The second-order valence-electron chi connectivity index (χ2n) is 4.40. The van der Waals surface area contributed by atoms with E-state index in [0.29, 0.717) is 6.42 Å². The molecule has 1 aromatic carbocycles. The highest BCUT2D eigenvalue weighted by atomic mass is 16.6. The summed E-state index contributed by atoms with van der Waals surface area (Å²) in [4.78, 5) is 24.8. The minimum absolute atomic E-state index is 0.158. The molecule has 3 N–H and O–H groups in total. The third kappa shape index (κ3) is 2.12.